The fourth-order valence-electron chi connectivity index (χ4n) is 2.15. The SMILES string of the molecule is CN=C(NCc1ccnc(OCc2ccccc2)c1)NCC(C)(C)OC.I. The molecule has 148 valence electrons. The third-order valence-electron chi connectivity index (χ3n) is 3.95. The molecule has 0 fully saturated rings. The van der Waals surface area contributed by atoms with E-state index in [4.69, 9.17) is 9.47 Å². The summed E-state index contributed by atoms with van der Waals surface area (Å²) in [6.07, 6.45) is 1.75. The molecular formula is C20H29IN4O2. The van der Waals surface area contributed by atoms with Crippen molar-refractivity contribution in [1.29, 1.82) is 0 Å². The van der Waals surface area contributed by atoms with E-state index in [9.17, 15) is 0 Å². The predicted molar refractivity (Wildman–Crippen MR) is 120 cm³/mol. The van der Waals surface area contributed by atoms with Crippen LogP contribution in [0, 0.1) is 0 Å². The molecule has 1 aromatic carbocycles. The summed E-state index contributed by atoms with van der Waals surface area (Å²) in [5.41, 5.74) is 1.92. The van der Waals surface area contributed by atoms with Gasteiger partial charge in [-0.25, -0.2) is 4.98 Å². The van der Waals surface area contributed by atoms with Gasteiger partial charge in [-0.15, -0.1) is 24.0 Å². The van der Waals surface area contributed by atoms with Crippen LogP contribution in [0.5, 0.6) is 5.88 Å². The Hall–Kier alpha value is -1.87. The van der Waals surface area contributed by atoms with Gasteiger partial charge in [0.25, 0.3) is 0 Å². The minimum Gasteiger partial charge on any atom is -0.473 e. The van der Waals surface area contributed by atoms with Crippen LogP contribution in [-0.4, -0.2) is 37.2 Å². The van der Waals surface area contributed by atoms with Gasteiger partial charge in [-0.3, -0.25) is 4.99 Å². The first kappa shape index (κ1) is 23.2. The Morgan fingerprint density at radius 3 is 2.52 bits per heavy atom. The summed E-state index contributed by atoms with van der Waals surface area (Å²) in [7, 11) is 3.45. The van der Waals surface area contributed by atoms with Gasteiger partial charge in [0.15, 0.2) is 5.96 Å². The average molecular weight is 484 g/mol. The standard InChI is InChI=1S/C20H28N4O2.HI/c1-20(2,25-4)15-24-19(21-3)23-13-17-10-11-22-18(12-17)26-14-16-8-6-5-7-9-16;/h5-12H,13-15H2,1-4H3,(H2,21,23,24);1H. The number of aliphatic imine (C=N–C) groups is 1. The number of guanidine groups is 1. The molecule has 6 nitrogen and oxygen atoms in total. The number of pyridine rings is 1. The monoisotopic (exact) mass is 484 g/mol. The summed E-state index contributed by atoms with van der Waals surface area (Å²) in [4.78, 5) is 8.50. The number of methoxy groups -OCH3 is 1. The fraction of sp³-hybridized carbons (Fsp3) is 0.400. The van der Waals surface area contributed by atoms with Crippen LogP contribution < -0.4 is 15.4 Å². The van der Waals surface area contributed by atoms with E-state index >= 15 is 0 Å². The number of halogens is 1. The molecule has 0 atom stereocenters. The lowest BCUT2D eigenvalue weighted by atomic mass is 10.1. The topological polar surface area (TPSA) is 67.8 Å². The van der Waals surface area contributed by atoms with Crippen LogP contribution >= 0.6 is 24.0 Å². The molecule has 1 heterocycles. The predicted octanol–water partition coefficient (Wildman–Crippen LogP) is 3.37. The van der Waals surface area contributed by atoms with Crippen LogP contribution in [-0.2, 0) is 17.9 Å². The molecule has 0 amide bonds. The number of ether oxygens (including phenoxy) is 2. The zero-order chi connectivity index (χ0) is 18.8. The average Bonchev–Trinajstić information content (AvgIpc) is 2.67. The molecule has 7 heteroatoms. The maximum absolute atomic E-state index is 5.77. The van der Waals surface area contributed by atoms with Crippen LogP contribution in [0.25, 0.3) is 0 Å². The van der Waals surface area contributed by atoms with Gasteiger partial charge in [0, 0.05) is 39.5 Å². The third kappa shape index (κ3) is 8.57. The molecule has 0 unspecified atom stereocenters. The highest BCUT2D eigenvalue weighted by atomic mass is 127. The van der Waals surface area contributed by atoms with Crippen LogP contribution in [0.1, 0.15) is 25.0 Å². The smallest absolute Gasteiger partial charge is 0.213 e. The Bertz CT molecular complexity index is 708. The van der Waals surface area contributed by atoms with Crippen molar-refractivity contribution in [3.05, 3.63) is 59.8 Å². The summed E-state index contributed by atoms with van der Waals surface area (Å²) >= 11 is 0. The third-order valence-corrected chi connectivity index (χ3v) is 3.95. The molecule has 0 saturated heterocycles. The molecule has 0 spiro atoms. The van der Waals surface area contributed by atoms with Crippen LogP contribution in [0.2, 0.25) is 0 Å². The van der Waals surface area contributed by atoms with Crippen LogP contribution in [0.3, 0.4) is 0 Å². The van der Waals surface area contributed by atoms with E-state index in [0.717, 1.165) is 17.1 Å². The largest absolute Gasteiger partial charge is 0.473 e. The van der Waals surface area contributed by atoms with E-state index < -0.39 is 0 Å². The summed E-state index contributed by atoms with van der Waals surface area (Å²) in [5.74, 6) is 1.33. The Balaban J connectivity index is 0.00000364. The maximum Gasteiger partial charge on any atom is 0.213 e. The van der Waals surface area contributed by atoms with E-state index in [1.807, 2.05) is 56.3 Å². The number of benzene rings is 1. The van der Waals surface area contributed by atoms with Crippen LogP contribution in [0.15, 0.2) is 53.7 Å². The van der Waals surface area contributed by atoms with Crippen molar-refractivity contribution in [3.8, 4) is 5.88 Å². The number of rotatable bonds is 8. The van der Waals surface area contributed by atoms with E-state index in [2.05, 4.69) is 20.6 Å². The second kappa shape index (κ2) is 11.8. The van der Waals surface area contributed by atoms with Gasteiger partial charge in [0.05, 0.1) is 5.60 Å². The molecule has 2 N–H and O–H groups in total. The normalized spacial score (nSPS) is 11.5. The highest BCUT2D eigenvalue weighted by molar-refractivity contribution is 14.0. The van der Waals surface area contributed by atoms with Crippen molar-refractivity contribution in [2.45, 2.75) is 32.6 Å². The van der Waals surface area contributed by atoms with E-state index in [1.165, 1.54) is 0 Å². The molecule has 0 aliphatic heterocycles. The number of hydrogen-bond donors (Lipinski definition) is 2. The number of nitrogens with zero attached hydrogens (tertiary/aromatic N) is 2. The van der Waals surface area contributed by atoms with Gasteiger partial charge in [0.1, 0.15) is 6.61 Å². The Kier molecular flexibility index (Phi) is 10.1. The number of hydrogen-bond acceptors (Lipinski definition) is 4. The molecule has 2 rings (SSSR count). The molecule has 0 aliphatic rings. The summed E-state index contributed by atoms with van der Waals surface area (Å²) in [6, 6.07) is 13.9. The number of aromatic nitrogens is 1. The van der Waals surface area contributed by atoms with Gasteiger partial charge >= 0.3 is 0 Å². The lowest BCUT2D eigenvalue weighted by Crippen LogP contribution is -2.45. The van der Waals surface area contributed by atoms with E-state index in [0.29, 0.717) is 25.6 Å². The minimum atomic E-state index is -0.257. The molecular weight excluding hydrogens is 455 g/mol. The maximum atomic E-state index is 5.77. The Morgan fingerprint density at radius 2 is 1.85 bits per heavy atom. The van der Waals surface area contributed by atoms with E-state index in [-0.39, 0.29) is 29.6 Å². The van der Waals surface area contributed by atoms with Gasteiger partial charge in [-0.2, -0.15) is 0 Å². The van der Waals surface area contributed by atoms with Crippen molar-refractivity contribution in [2.75, 3.05) is 20.7 Å². The van der Waals surface area contributed by atoms with Crippen molar-refractivity contribution in [2.24, 2.45) is 4.99 Å². The lowest BCUT2D eigenvalue weighted by molar-refractivity contribution is 0.0268. The first-order valence-electron chi connectivity index (χ1n) is 8.64. The fourth-order valence-corrected chi connectivity index (χ4v) is 2.15. The summed E-state index contributed by atoms with van der Waals surface area (Å²) in [6.45, 7) is 5.82. The zero-order valence-electron chi connectivity index (χ0n) is 16.4. The molecule has 27 heavy (non-hydrogen) atoms. The van der Waals surface area contributed by atoms with Crippen molar-refractivity contribution >= 4 is 29.9 Å². The lowest BCUT2D eigenvalue weighted by Gasteiger charge is -2.24. The van der Waals surface area contributed by atoms with Crippen molar-refractivity contribution < 1.29 is 9.47 Å². The first-order valence-corrected chi connectivity index (χ1v) is 8.64. The van der Waals surface area contributed by atoms with Crippen LogP contribution in [0.4, 0.5) is 0 Å². The second-order valence-corrected chi connectivity index (χ2v) is 6.52. The minimum absolute atomic E-state index is 0. The second-order valence-electron chi connectivity index (χ2n) is 6.52. The molecule has 0 saturated carbocycles. The van der Waals surface area contributed by atoms with Gasteiger partial charge in [0.2, 0.25) is 5.88 Å². The van der Waals surface area contributed by atoms with E-state index in [1.54, 1.807) is 20.4 Å². The molecule has 2 aromatic rings. The number of nitrogens with one attached hydrogen (secondary N) is 2. The molecule has 0 bridgehead atoms. The van der Waals surface area contributed by atoms with Gasteiger partial charge in [-0.05, 0) is 31.0 Å². The van der Waals surface area contributed by atoms with Crippen molar-refractivity contribution in [3.63, 3.8) is 0 Å². The van der Waals surface area contributed by atoms with Gasteiger partial charge < -0.3 is 20.1 Å². The summed E-state index contributed by atoms with van der Waals surface area (Å²) < 4.78 is 11.2. The first-order chi connectivity index (χ1) is 12.5. The highest BCUT2D eigenvalue weighted by Crippen LogP contribution is 2.12. The molecule has 1 aromatic heterocycles. The van der Waals surface area contributed by atoms with Crippen molar-refractivity contribution in [1.82, 2.24) is 15.6 Å². The summed E-state index contributed by atoms with van der Waals surface area (Å²) in [5, 5.41) is 6.54. The highest BCUT2D eigenvalue weighted by Gasteiger charge is 2.16. The molecule has 0 radical (unpaired) electrons. The molecule has 0 aliphatic carbocycles. The van der Waals surface area contributed by atoms with Gasteiger partial charge in [-0.1, -0.05) is 30.3 Å². The quantitative estimate of drug-likeness (QED) is 0.342. The Labute approximate surface area is 178 Å². The zero-order valence-corrected chi connectivity index (χ0v) is 18.7. The Morgan fingerprint density at radius 1 is 1.11 bits per heavy atom.